The number of carboxylic acids is 1. The lowest BCUT2D eigenvalue weighted by molar-refractivity contribution is -0.384. The van der Waals surface area contributed by atoms with E-state index in [9.17, 15) is 20.0 Å². The number of halogens is 1. The number of anilines is 1. The van der Waals surface area contributed by atoms with Crippen LogP contribution in [0.4, 0.5) is 11.4 Å². The normalized spacial score (nSPS) is 12.8. The summed E-state index contributed by atoms with van der Waals surface area (Å²) < 4.78 is 0.427. The second-order valence-electron chi connectivity index (χ2n) is 5.95. The van der Waals surface area contributed by atoms with E-state index in [2.05, 4.69) is 26.2 Å². The molecular formula is C13H18BrN3O4. The van der Waals surface area contributed by atoms with Crippen LogP contribution in [-0.4, -0.2) is 27.5 Å². The Morgan fingerprint density at radius 3 is 2.62 bits per heavy atom. The number of nitrogens with one attached hydrogen (secondary N) is 1. The number of carboxylic acid groups (broad SMARTS) is 1. The Balaban J connectivity index is 2.91. The summed E-state index contributed by atoms with van der Waals surface area (Å²) in [5, 5.41) is 23.1. The molecule has 1 aromatic rings. The fourth-order valence-corrected chi connectivity index (χ4v) is 2.41. The third-order valence-corrected chi connectivity index (χ3v) is 3.41. The number of nitrogens with zero attached hydrogens (tertiary/aromatic N) is 2. The fourth-order valence-electron chi connectivity index (χ4n) is 1.95. The highest BCUT2D eigenvalue weighted by Crippen LogP contribution is 2.32. The van der Waals surface area contributed by atoms with Gasteiger partial charge in [0.2, 0.25) is 0 Å². The SMILES string of the molecule is CC(C)(C)CC(CNc1c(Br)cncc1[N+](=O)[O-])C(=O)O. The molecule has 0 radical (unpaired) electrons. The average molecular weight is 360 g/mol. The van der Waals surface area contributed by atoms with E-state index in [1.54, 1.807) is 0 Å². The van der Waals surface area contributed by atoms with Crippen molar-refractivity contribution in [2.75, 3.05) is 11.9 Å². The van der Waals surface area contributed by atoms with Gasteiger partial charge < -0.3 is 10.4 Å². The van der Waals surface area contributed by atoms with Crippen molar-refractivity contribution >= 4 is 33.3 Å². The second kappa shape index (κ2) is 6.84. The Morgan fingerprint density at radius 1 is 1.52 bits per heavy atom. The molecule has 1 atom stereocenters. The maximum atomic E-state index is 11.3. The summed E-state index contributed by atoms with van der Waals surface area (Å²) in [7, 11) is 0. The first-order valence-electron chi connectivity index (χ1n) is 6.36. The zero-order chi connectivity index (χ0) is 16.2. The molecule has 1 unspecified atom stereocenters. The van der Waals surface area contributed by atoms with Crippen molar-refractivity contribution in [1.29, 1.82) is 0 Å². The predicted molar refractivity (Wildman–Crippen MR) is 82.3 cm³/mol. The molecule has 7 nitrogen and oxygen atoms in total. The number of hydrogen-bond donors (Lipinski definition) is 2. The van der Waals surface area contributed by atoms with E-state index in [-0.39, 0.29) is 23.3 Å². The monoisotopic (exact) mass is 359 g/mol. The van der Waals surface area contributed by atoms with E-state index in [1.165, 1.54) is 6.20 Å². The minimum Gasteiger partial charge on any atom is -0.481 e. The molecule has 0 spiro atoms. The fraction of sp³-hybridized carbons (Fsp3) is 0.538. The highest BCUT2D eigenvalue weighted by atomic mass is 79.9. The number of aromatic nitrogens is 1. The third kappa shape index (κ3) is 5.30. The number of aliphatic carboxylic acids is 1. The van der Waals surface area contributed by atoms with Crippen LogP contribution < -0.4 is 5.32 Å². The predicted octanol–water partition coefficient (Wildman–Crippen LogP) is 3.30. The van der Waals surface area contributed by atoms with Crippen molar-refractivity contribution in [3.8, 4) is 0 Å². The summed E-state index contributed by atoms with van der Waals surface area (Å²) >= 11 is 3.19. The van der Waals surface area contributed by atoms with Crippen LogP contribution in [0.3, 0.4) is 0 Å². The third-order valence-electron chi connectivity index (χ3n) is 2.81. The van der Waals surface area contributed by atoms with E-state index < -0.39 is 16.8 Å². The number of rotatable bonds is 6. The summed E-state index contributed by atoms with van der Waals surface area (Å²) in [5.41, 5.74) is -0.0917. The molecule has 0 aliphatic carbocycles. The van der Waals surface area contributed by atoms with Gasteiger partial charge in [0, 0.05) is 12.7 Å². The van der Waals surface area contributed by atoms with E-state index in [0.29, 0.717) is 10.9 Å². The van der Waals surface area contributed by atoms with E-state index in [4.69, 9.17) is 0 Å². The van der Waals surface area contributed by atoms with Crippen LogP contribution >= 0.6 is 15.9 Å². The lowest BCUT2D eigenvalue weighted by Crippen LogP contribution is -2.27. The molecule has 2 N–H and O–H groups in total. The molecule has 0 amide bonds. The standard InChI is InChI=1S/C13H18BrN3O4/c1-13(2,3)4-8(12(18)19)5-16-11-9(14)6-15-7-10(11)17(20)21/h6-8H,4-5H2,1-3H3,(H,15,16)(H,18,19). The Hall–Kier alpha value is -1.70. The van der Waals surface area contributed by atoms with Gasteiger partial charge in [0.1, 0.15) is 11.9 Å². The van der Waals surface area contributed by atoms with Crippen molar-refractivity contribution in [3.63, 3.8) is 0 Å². The molecular weight excluding hydrogens is 342 g/mol. The summed E-state index contributed by atoms with van der Waals surface area (Å²) in [6.07, 6.45) is 3.02. The maximum Gasteiger partial charge on any atom is 0.311 e. The van der Waals surface area contributed by atoms with E-state index in [1.807, 2.05) is 20.8 Å². The van der Waals surface area contributed by atoms with Crippen LogP contribution in [0.2, 0.25) is 0 Å². The van der Waals surface area contributed by atoms with Gasteiger partial charge in [0.05, 0.1) is 15.3 Å². The summed E-state index contributed by atoms with van der Waals surface area (Å²) in [4.78, 5) is 25.5. The minimum absolute atomic E-state index is 0.107. The van der Waals surface area contributed by atoms with Crippen molar-refractivity contribution in [3.05, 3.63) is 27.0 Å². The molecule has 116 valence electrons. The quantitative estimate of drug-likeness (QED) is 0.596. The largest absolute Gasteiger partial charge is 0.481 e. The van der Waals surface area contributed by atoms with Crippen LogP contribution in [0.5, 0.6) is 0 Å². The van der Waals surface area contributed by atoms with Crippen LogP contribution in [0, 0.1) is 21.4 Å². The summed E-state index contributed by atoms with van der Waals surface area (Å²) in [6.45, 7) is 5.96. The van der Waals surface area contributed by atoms with Crippen LogP contribution in [0.25, 0.3) is 0 Å². The van der Waals surface area contributed by atoms with Crippen LogP contribution in [0.1, 0.15) is 27.2 Å². The van der Waals surface area contributed by atoms with Crippen molar-refractivity contribution in [1.82, 2.24) is 4.98 Å². The lowest BCUT2D eigenvalue weighted by atomic mass is 9.84. The van der Waals surface area contributed by atoms with Gasteiger partial charge in [-0.15, -0.1) is 0 Å². The van der Waals surface area contributed by atoms with Gasteiger partial charge in [-0.25, -0.2) is 0 Å². The van der Waals surface area contributed by atoms with Crippen molar-refractivity contribution < 1.29 is 14.8 Å². The van der Waals surface area contributed by atoms with E-state index in [0.717, 1.165) is 6.20 Å². The molecule has 0 saturated carbocycles. The first-order chi connectivity index (χ1) is 9.61. The van der Waals surface area contributed by atoms with Gasteiger partial charge in [-0.3, -0.25) is 19.9 Å². The minimum atomic E-state index is -0.926. The molecule has 0 bridgehead atoms. The Kier molecular flexibility index (Phi) is 5.65. The molecule has 21 heavy (non-hydrogen) atoms. The summed E-state index contributed by atoms with van der Waals surface area (Å²) in [5.74, 6) is -1.56. The average Bonchev–Trinajstić information content (AvgIpc) is 2.33. The lowest BCUT2D eigenvalue weighted by Gasteiger charge is -2.23. The smallest absolute Gasteiger partial charge is 0.311 e. The topological polar surface area (TPSA) is 105 Å². The van der Waals surface area contributed by atoms with Gasteiger partial charge in [-0.2, -0.15) is 0 Å². The highest BCUT2D eigenvalue weighted by molar-refractivity contribution is 9.10. The number of nitro groups is 1. The van der Waals surface area contributed by atoms with Gasteiger partial charge in [0.15, 0.2) is 0 Å². The van der Waals surface area contributed by atoms with Gasteiger partial charge in [0.25, 0.3) is 0 Å². The van der Waals surface area contributed by atoms with Crippen LogP contribution in [0.15, 0.2) is 16.9 Å². The Labute approximate surface area is 131 Å². The molecule has 0 aromatic carbocycles. The first-order valence-corrected chi connectivity index (χ1v) is 7.15. The van der Waals surface area contributed by atoms with Crippen molar-refractivity contribution in [2.45, 2.75) is 27.2 Å². The number of carbonyl (C=O) groups is 1. The molecule has 1 heterocycles. The Morgan fingerprint density at radius 2 is 2.14 bits per heavy atom. The first kappa shape index (κ1) is 17.4. The molecule has 0 saturated heterocycles. The van der Waals surface area contributed by atoms with Gasteiger partial charge >= 0.3 is 11.7 Å². The number of pyridine rings is 1. The molecule has 0 aliphatic heterocycles. The zero-order valence-electron chi connectivity index (χ0n) is 12.1. The second-order valence-corrected chi connectivity index (χ2v) is 6.81. The van der Waals surface area contributed by atoms with Gasteiger partial charge in [-0.1, -0.05) is 20.8 Å². The van der Waals surface area contributed by atoms with E-state index >= 15 is 0 Å². The molecule has 1 aromatic heterocycles. The highest BCUT2D eigenvalue weighted by Gasteiger charge is 2.26. The Bertz CT molecular complexity index is 543. The molecule has 0 aliphatic rings. The van der Waals surface area contributed by atoms with Crippen molar-refractivity contribution in [2.24, 2.45) is 11.3 Å². The zero-order valence-corrected chi connectivity index (χ0v) is 13.7. The maximum absolute atomic E-state index is 11.3. The number of hydrogen-bond acceptors (Lipinski definition) is 5. The van der Waals surface area contributed by atoms with Crippen LogP contribution in [-0.2, 0) is 4.79 Å². The molecule has 8 heteroatoms. The molecule has 0 fully saturated rings. The van der Waals surface area contributed by atoms with Gasteiger partial charge in [-0.05, 0) is 27.8 Å². The summed E-state index contributed by atoms with van der Waals surface area (Å²) in [6, 6.07) is 0. The molecule has 1 rings (SSSR count).